The van der Waals surface area contributed by atoms with Crippen molar-refractivity contribution in [2.75, 3.05) is 7.11 Å². The Hall–Kier alpha value is -1.06. The molecule has 4 heteroatoms. The van der Waals surface area contributed by atoms with E-state index in [1.165, 1.54) is 7.11 Å². The van der Waals surface area contributed by atoms with Crippen LogP contribution in [0.4, 0.5) is 4.79 Å². The van der Waals surface area contributed by atoms with Crippen LogP contribution in [0.5, 0.6) is 0 Å². The van der Waals surface area contributed by atoms with E-state index in [0.29, 0.717) is 18.6 Å². The van der Waals surface area contributed by atoms with Crippen LogP contribution < -0.4 is 0 Å². The summed E-state index contributed by atoms with van der Waals surface area (Å²) in [5, 5.41) is 0. The van der Waals surface area contributed by atoms with Gasteiger partial charge in [-0.1, -0.05) is 0 Å². The molecule has 0 N–H and O–H groups in total. The van der Waals surface area contributed by atoms with E-state index in [9.17, 15) is 9.59 Å². The van der Waals surface area contributed by atoms with E-state index in [1.807, 2.05) is 0 Å². The third-order valence-electron chi connectivity index (χ3n) is 3.17. The molecule has 0 saturated carbocycles. The van der Waals surface area contributed by atoms with Gasteiger partial charge < -0.3 is 9.64 Å². The minimum Gasteiger partial charge on any atom is -0.453 e. The predicted octanol–water partition coefficient (Wildman–Crippen LogP) is 1.34. The fraction of sp³-hybridized carbons (Fsp3) is 0.800. The van der Waals surface area contributed by atoms with Crippen molar-refractivity contribution in [1.29, 1.82) is 0 Å². The summed E-state index contributed by atoms with van der Waals surface area (Å²) in [6.45, 7) is 0. The fourth-order valence-electron chi connectivity index (χ4n) is 2.58. The molecule has 0 aromatic carbocycles. The lowest BCUT2D eigenvalue weighted by atomic mass is 9.84. The molecule has 2 saturated heterocycles. The van der Waals surface area contributed by atoms with Crippen LogP contribution in [0.3, 0.4) is 0 Å². The molecule has 0 aliphatic carbocycles. The number of amides is 1. The maximum absolute atomic E-state index is 11.5. The molecule has 2 heterocycles. The number of carbonyl (C=O) groups excluding carboxylic acids is 2. The second kappa shape index (κ2) is 3.59. The third kappa shape index (κ3) is 1.49. The highest BCUT2D eigenvalue weighted by Crippen LogP contribution is 2.32. The summed E-state index contributed by atoms with van der Waals surface area (Å²) in [6, 6.07) is 0.199. The molecule has 0 spiro atoms. The molecule has 2 rings (SSSR count). The first kappa shape index (κ1) is 9.49. The summed E-state index contributed by atoms with van der Waals surface area (Å²) in [5.74, 6) is 0.292. The largest absolute Gasteiger partial charge is 0.453 e. The second-order valence-electron chi connectivity index (χ2n) is 4.06. The highest BCUT2D eigenvalue weighted by atomic mass is 16.5. The number of piperidine rings is 2. The van der Waals surface area contributed by atoms with Crippen molar-refractivity contribution in [2.45, 2.75) is 44.2 Å². The summed E-state index contributed by atoms with van der Waals surface area (Å²) >= 11 is 0. The summed E-state index contributed by atoms with van der Waals surface area (Å²) in [6.07, 6.45) is 3.77. The summed E-state index contributed by atoms with van der Waals surface area (Å²) in [4.78, 5) is 24.6. The van der Waals surface area contributed by atoms with Crippen molar-refractivity contribution in [3.05, 3.63) is 0 Å². The Morgan fingerprint density at radius 1 is 1.36 bits per heavy atom. The number of fused-ring (bicyclic) bond motifs is 2. The number of hydrogen-bond acceptors (Lipinski definition) is 3. The van der Waals surface area contributed by atoms with E-state index in [1.54, 1.807) is 4.90 Å². The topological polar surface area (TPSA) is 46.6 Å². The van der Waals surface area contributed by atoms with Gasteiger partial charge in [-0.15, -0.1) is 0 Å². The van der Waals surface area contributed by atoms with Crippen LogP contribution in [0.1, 0.15) is 32.1 Å². The molecule has 0 aromatic rings. The van der Waals surface area contributed by atoms with Crippen LogP contribution >= 0.6 is 0 Å². The number of methoxy groups -OCH3 is 1. The van der Waals surface area contributed by atoms with Crippen molar-refractivity contribution >= 4 is 11.9 Å². The summed E-state index contributed by atoms with van der Waals surface area (Å²) < 4.78 is 4.74. The quantitative estimate of drug-likeness (QED) is 0.588. The van der Waals surface area contributed by atoms with E-state index in [2.05, 4.69) is 0 Å². The van der Waals surface area contributed by atoms with Crippen molar-refractivity contribution < 1.29 is 14.3 Å². The van der Waals surface area contributed by atoms with E-state index >= 15 is 0 Å². The molecule has 14 heavy (non-hydrogen) atoms. The van der Waals surface area contributed by atoms with E-state index < -0.39 is 0 Å². The molecule has 2 unspecified atom stereocenters. The summed E-state index contributed by atoms with van der Waals surface area (Å²) in [5.41, 5.74) is 0. The van der Waals surface area contributed by atoms with Crippen LogP contribution in [-0.4, -0.2) is 36.0 Å². The number of carbonyl (C=O) groups is 2. The first-order valence-electron chi connectivity index (χ1n) is 5.10. The zero-order valence-electron chi connectivity index (χ0n) is 8.36. The Bertz CT molecular complexity index is 248. The number of ether oxygens (including phenoxy) is 1. The Labute approximate surface area is 83.2 Å². The lowest BCUT2D eigenvalue weighted by Crippen LogP contribution is -2.54. The van der Waals surface area contributed by atoms with Gasteiger partial charge in [0.05, 0.1) is 7.11 Å². The van der Waals surface area contributed by atoms with Gasteiger partial charge >= 0.3 is 6.09 Å². The smallest absolute Gasteiger partial charge is 0.410 e. The van der Waals surface area contributed by atoms with Gasteiger partial charge in [0, 0.05) is 24.9 Å². The molecule has 78 valence electrons. The summed E-state index contributed by atoms with van der Waals surface area (Å²) in [7, 11) is 1.40. The molecule has 2 aliphatic rings. The number of Topliss-reactive ketones (excluding diaryl/α,β-unsaturated/α-hetero) is 1. The number of nitrogens with zero attached hydrogens (tertiary/aromatic N) is 1. The first-order valence-corrected chi connectivity index (χ1v) is 5.10. The van der Waals surface area contributed by atoms with E-state index in [0.717, 1.165) is 19.3 Å². The highest BCUT2D eigenvalue weighted by Gasteiger charge is 2.40. The number of rotatable bonds is 0. The normalized spacial score (nSPS) is 31.5. The van der Waals surface area contributed by atoms with Crippen LogP contribution in [-0.2, 0) is 9.53 Å². The minimum absolute atomic E-state index is 0.0995. The molecular formula is C10H15NO3. The standard InChI is InChI=1S/C10H15NO3/c1-14-10(13)11-7-3-2-4-8(11)6-9(12)5-7/h7-8H,2-6H2,1H3. The molecule has 2 fully saturated rings. The van der Waals surface area contributed by atoms with Gasteiger partial charge in [0.1, 0.15) is 5.78 Å². The molecule has 0 radical (unpaired) electrons. The van der Waals surface area contributed by atoms with Gasteiger partial charge in [0.15, 0.2) is 0 Å². The Morgan fingerprint density at radius 2 is 1.93 bits per heavy atom. The molecule has 1 amide bonds. The molecule has 2 bridgehead atoms. The fourth-order valence-corrected chi connectivity index (χ4v) is 2.58. The Kier molecular flexibility index (Phi) is 2.44. The lowest BCUT2D eigenvalue weighted by Gasteiger charge is -2.44. The molecular weight excluding hydrogens is 182 g/mol. The van der Waals surface area contributed by atoms with Crippen molar-refractivity contribution in [3.8, 4) is 0 Å². The monoisotopic (exact) mass is 197 g/mol. The maximum Gasteiger partial charge on any atom is 0.410 e. The Balaban J connectivity index is 2.16. The number of ketones is 1. The van der Waals surface area contributed by atoms with Crippen LogP contribution in [0, 0.1) is 0 Å². The zero-order valence-corrected chi connectivity index (χ0v) is 8.36. The molecule has 2 atom stereocenters. The predicted molar refractivity (Wildman–Crippen MR) is 49.9 cm³/mol. The average Bonchev–Trinajstić information content (AvgIpc) is 2.15. The highest BCUT2D eigenvalue weighted by molar-refractivity contribution is 5.83. The molecule has 2 aliphatic heterocycles. The first-order chi connectivity index (χ1) is 6.72. The molecule has 0 aromatic heterocycles. The van der Waals surface area contributed by atoms with Crippen LogP contribution in [0.15, 0.2) is 0 Å². The van der Waals surface area contributed by atoms with Gasteiger partial charge in [-0.3, -0.25) is 4.79 Å². The Morgan fingerprint density at radius 3 is 2.43 bits per heavy atom. The van der Waals surface area contributed by atoms with Crippen molar-refractivity contribution in [1.82, 2.24) is 4.90 Å². The second-order valence-corrected chi connectivity index (χ2v) is 4.06. The SMILES string of the molecule is COC(=O)N1C2CCCC1CC(=O)C2. The molecule has 4 nitrogen and oxygen atoms in total. The van der Waals surface area contributed by atoms with Gasteiger partial charge in [-0.05, 0) is 19.3 Å². The van der Waals surface area contributed by atoms with Gasteiger partial charge in [-0.2, -0.15) is 0 Å². The third-order valence-corrected chi connectivity index (χ3v) is 3.17. The average molecular weight is 197 g/mol. The van der Waals surface area contributed by atoms with Crippen LogP contribution in [0.2, 0.25) is 0 Å². The van der Waals surface area contributed by atoms with Crippen LogP contribution in [0.25, 0.3) is 0 Å². The maximum atomic E-state index is 11.5. The van der Waals surface area contributed by atoms with Gasteiger partial charge in [0.25, 0.3) is 0 Å². The van der Waals surface area contributed by atoms with Crippen molar-refractivity contribution in [2.24, 2.45) is 0 Å². The van der Waals surface area contributed by atoms with Crippen molar-refractivity contribution in [3.63, 3.8) is 0 Å². The van der Waals surface area contributed by atoms with E-state index in [4.69, 9.17) is 4.74 Å². The lowest BCUT2D eigenvalue weighted by molar-refractivity contribution is -0.125. The van der Waals surface area contributed by atoms with Gasteiger partial charge in [-0.25, -0.2) is 4.79 Å². The zero-order chi connectivity index (χ0) is 10.1. The minimum atomic E-state index is -0.271. The van der Waals surface area contributed by atoms with E-state index in [-0.39, 0.29) is 18.2 Å². The number of hydrogen-bond donors (Lipinski definition) is 0. The van der Waals surface area contributed by atoms with Gasteiger partial charge in [0.2, 0.25) is 0 Å².